The van der Waals surface area contributed by atoms with Crippen molar-refractivity contribution in [2.75, 3.05) is 19.0 Å². The zero-order chi connectivity index (χ0) is 22.0. The predicted molar refractivity (Wildman–Crippen MR) is 110 cm³/mol. The monoisotopic (exact) mass is 428 g/mol. The molecule has 0 fully saturated rings. The first-order valence-corrected chi connectivity index (χ1v) is 10.1. The number of amides is 3. The standard InChI is InChI=1S/C21H20N2O6S/c1-11-16(21(28)29-3)18(30-17(11)12(2)24)22-15(25)9-6-10-23-19(26)13-7-4-5-8-14(13)20(23)27/h4-5,7-8H,6,9-10H2,1-3H3,(H,22,25). The van der Waals surface area contributed by atoms with Crippen molar-refractivity contribution < 1.29 is 28.7 Å². The lowest BCUT2D eigenvalue weighted by Gasteiger charge is -2.13. The van der Waals surface area contributed by atoms with Crippen LogP contribution in [-0.2, 0) is 9.53 Å². The highest BCUT2D eigenvalue weighted by Gasteiger charge is 2.34. The van der Waals surface area contributed by atoms with Crippen LogP contribution < -0.4 is 5.32 Å². The molecule has 2 aromatic rings. The molecule has 0 aliphatic carbocycles. The summed E-state index contributed by atoms with van der Waals surface area (Å²) >= 11 is 1.02. The number of hydrogen-bond acceptors (Lipinski definition) is 7. The fourth-order valence-electron chi connectivity index (χ4n) is 3.31. The van der Waals surface area contributed by atoms with E-state index in [9.17, 15) is 24.0 Å². The molecular weight excluding hydrogens is 408 g/mol. The molecule has 1 aliphatic heterocycles. The third kappa shape index (κ3) is 3.88. The number of thiophene rings is 1. The molecular formula is C21H20N2O6S. The smallest absolute Gasteiger partial charge is 0.341 e. The number of esters is 1. The number of nitrogens with zero attached hydrogens (tertiary/aromatic N) is 1. The van der Waals surface area contributed by atoms with E-state index in [1.165, 1.54) is 14.0 Å². The zero-order valence-corrected chi connectivity index (χ0v) is 17.6. The fraction of sp³-hybridized carbons (Fsp3) is 0.286. The molecule has 1 aromatic heterocycles. The molecule has 3 rings (SSSR count). The van der Waals surface area contributed by atoms with Crippen LogP contribution in [0.15, 0.2) is 24.3 Å². The SMILES string of the molecule is COC(=O)c1c(NC(=O)CCCN2C(=O)c3ccccc3C2=O)sc(C(C)=O)c1C. The van der Waals surface area contributed by atoms with Gasteiger partial charge in [0.1, 0.15) is 5.00 Å². The highest BCUT2D eigenvalue weighted by Crippen LogP contribution is 2.34. The van der Waals surface area contributed by atoms with E-state index < -0.39 is 11.9 Å². The minimum Gasteiger partial charge on any atom is -0.465 e. The number of imide groups is 1. The number of ether oxygens (including phenoxy) is 1. The summed E-state index contributed by atoms with van der Waals surface area (Å²) < 4.78 is 4.76. The minimum atomic E-state index is -0.641. The second kappa shape index (κ2) is 8.58. The number of rotatable bonds is 7. The largest absolute Gasteiger partial charge is 0.465 e. The van der Waals surface area contributed by atoms with E-state index in [2.05, 4.69) is 5.32 Å². The summed E-state index contributed by atoms with van der Waals surface area (Å²) in [6.07, 6.45) is 0.287. The van der Waals surface area contributed by atoms with Crippen LogP contribution in [-0.4, -0.2) is 48.0 Å². The summed E-state index contributed by atoms with van der Waals surface area (Å²) in [7, 11) is 1.22. The Balaban J connectivity index is 1.64. The molecule has 1 aromatic carbocycles. The van der Waals surface area contributed by atoms with Crippen molar-refractivity contribution in [2.45, 2.75) is 26.7 Å². The van der Waals surface area contributed by atoms with Crippen LogP contribution in [0.4, 0.5) is 5.00 Å². The highest BCUT2D eigenvalue weighted by molar-refractivity contribution is 7.18. The Bertz CT molecular complexity index is 1040. The summed E-state index contributed by atoms with van der Waals surface area (Å²) in [4.78, 5) is 62.5. The molecule has 0 atom stereocenters. The zero-order valence-electron chi connectivity index (χ0n) is 16.7. The second-order valence-corrected chi connectivity index (χ2v) is 7.79. The van der Waals surface area contributed by atoms with E-state index in [0.717, 1.165) is 16.2 Å². The van der Waals surface area contributed by atoms with Crippen molar-refractivity contribution >= 4 is 45.8 Å². The van der Waals surface area contributed by atoms with Crippen molar-refractivity contribution in [3.63, 3.8) is 0 Å². The van der Waals surface area contributed by atoms with E-state index >= 15 is 0 Å². The van der Waals surface area contributed by atoms with Gasteiger partial charge in [-0.25, -0.2) is 4.79 Å². The van der Waals surface area contributed by atoms with Crippen LogP contribution in [0.5, 0.6) is 0 Å². The maximum atomic E-state index is 12.4. The molecule has 1 N–H and O–H groups in total. The third-order valence-electron chi connectivity index (χ3n) is 4.77. The summed E-state index contributed by atoms with van der Waals surface area (Å²) in [5, 5.41) is 2.89. The molecule has 2 heterocycles. The molecule has 0 saturated carbocycles. The van der Waals surface area contributed by atoms with Crippen LogP contribution in [0.1, 0.15) is 66.1 Å². The van der Waals surface area contributed by atoms with E-state index in [0.29, 0.717) is 21.6 Å². The first-order chi connectivity index (χ1) is 14.3. The number of methoxy groups -OCH3 is 1. The Labute approximate surface area is 176 Å². The first-order valence-electron chi connectivity index (χ1n) is 9.24. The number of carbonyl (C=O) groups is 5. The molecule has 156 valence electrons. The van der Waals surface area contributed by atoms with Gasteiger partial charge in [-0.05, 0) is 38.0 Å². The Hall–Kier alpha value is -3.33. The Morgan fingerprint density at radius 1 is 1.10 bits per heavy atom. The molecule has 9 heteroatoms. The highest BCUT2D eigenvalue weighted by atomic mass is 32.1. The Morgan fingerprint density at radius 3 is 2.23 bits per heavy atom. The van der Waals surface area contributed by atoms with Crippen molar-refractivity contribution in [1.29, 1.82) is 0 Å². The van der Waals surface area contributed by atoms with Crippen LogP contribution >= 0.6 is 11.3 Å². The number of ketones is 1. The normalized spacial score (nSPS) is 12.7. The van der Waals surface area contributed by atoms with Gasteiger partial charge in [0.25, 0.3) is 11.8 Å². The van der Waals surface area contributed by atoms with Crippen LogP contribution in [0.2, 0.25) is 0 Å². The van der Waals surface area contributed by atoms with E-state index in [1.54, 1.807) is 31.2 Å². The molecule has 1 aliphatic rings. The van der Waals surface area contributed by atoms with Gasteiger partial charge in [-0.2, -0.15) is 0 Å². The van der Waals surface area contributed by atoms with Gasteiger partial charge in [-0.3, -0.25) is 24.1 Å². The quantitative estimate of drug-likeness (QED) is 0.412. The number of anilines is 1. The van der Waals surface area contributed by atoms with Gasteiger partial charge in [0.15, 0.2) is 5.78 Å². The molecule has 8 nitrogen and oxygen atoms in total. The van der Waals surface area contributed by atoms with Crippen molar-refractivity contribution in [3.05, 3.63) is 51.4 Å². The first kappa shape index (κ1) is 21.4. The number of nitrogens with one attached hydrogen (secondary N) is 1. The van der Waals surface area contributed by atoms with E-state index in [-0.39, 0.29) is 47.5 Å². The number of carbonyl (C=O) groups excluding carboxylic acids is 5. The number of hydrogen-bond donors (Lipinski definition) is 1. The van der Waals surface area contributed by atoms with Gasteiger partial charge < -0.3 is 10.1 Å². The Kier molecular flexibility index (Phi) is 6.12. The van der Waals surface area contributed by atoms with Gasteiger partial charge in [0.05, 0.1) is 28.7 Å². The van der Waals surface area contributed by atoms with Crippen LogP contribution in [0, 0.1) is 6.92 Å². The predicted octanol–water partition coefficient (Wildman–Crippen LogP) is 3.06. The van der Waals surface area contributed by atoms with Gasteiger partial charge in [0.2, 0.25) is 5.91 Å². The summed E-state index contributed by atoms with van der Waals surface area (Å²) in [6, 6.07) is 6.58. The third-order valence-corrected chi connectivity index (χ3v) is 6.08. The maximum absolute atomic E-state index is 12.4. The lowest BCUT2D eigenvalue weighted by molar-refractivity contribution is -0.116. The van der Waals surface area contributed by atoms with Crippen molar-refractivity contribution in [2.24, 2.45) is 0 Å². The number of fused-ring (bicyclic) bond motifs is 1. The summed E-state index contributed by atoms with van der Waals surface area (Å²) in [6.45, 7) is 3.11. The van der Waals surface area contributed by atoms with Crippen LogP contribution in [0.3, 0.4) is 0 Å². The van der Waals surface area contributed by atoms with Gasteiger partial charge >= 0.3 is 5.97 Å². The molecule has 0 spiro atoms. The molecule has 0 unspecified atom stereocenters. The lowest BCUT2D eigenvalue weighted by Crippen LogP contribution is -2.31. The number of benzene rings is 1. The molecule has 3 amide bonds. The fourth-order valence-corrected chi connectivity index (χ4v) is 4.42. The number of Topliss-reactive ketones (excluding diaryl/α,β-unsaturated/α-hetero) is 1. The molecule has 0 bridgehead atoms. The Morgan fingerprint density at radius 2 is 1.70 bits per heavy atom. The average molecular weight is 428 g/mol. The van der Waals surface area contributed by atoms with Gasteiger partial charge in [-0.15, -0.1) is 11.3 Å². The van der Waals surface area contributed by atoms with E-state index in [4.69, 9.17) is 4.74 Å². The van der Waals surface area contributed by atoms with Crippen LogP contribution in [0.25, 0.3) is 0 Å². The minimum absolute atomic E-state index is 0.0281. The van der Waals surface area contributed by atoms with Gasteiger partial charge in [-0.1, -0.05) is 12.1 Å². The van der Waals surface area contributed by atoms with Gasteiger partial charge in [0, 0.05) is 13.0 Å². The average Bonchev–Trinajstić information content (AvgIpc) is 3.17. The molecule has 0 radical (unpaired) electrons. The maximum Gasteiger partial charge on any atom is 0.341 e. The van der Waals surface area contributed by atoms with Crippen molar-refractivity contribution in [3.8, 4) is 0 Å². The molecule has 30 heavy (non-hydrogen) atoms. The summed E-state index contributed by atoms with van der Waals surface area (Å²) in [5.74, 6) is -1.99. The topological polar surface area (TPSA) is 110 Å². The summed E-state index contributed by atoms with van der Waals surface area (Å²) in [5.41, 5.74) is 1.34. The van der Waals surface area contributed by atoms with E-state index in [1.807, 2.05) is 0 Å². The second-order valence-electron chi connectivity index (χ2n) is 6.77. The van der Waals surface area contributed by atoms with Crippen molar-refractivity contribution in [1.82, 2.24) is 4.90 Å². The lowest BCUT2D eigenvalue weighted by atomic mass is 10.1. The molecule has 0 saturated heterocycles.